The molecule has 1 aromatic rings. The van der Waals surface area contributed by atoms with Crippen LogP contribution in [-0.4, -0.2) is 24.0 Å². The number of ether oxygens (including phenoxy) is 1. The summed E-state index contributed by atoms with van der Waals surface area (Å²) in [6, 6.07) is 4.26. The van der Waals surface area contributed by atoms with Crippen LogP contribution >= 0.6 is 0 Å². The predicted molar refractivity (Wildman–Crippen MR) is 68.5 cm³/mol. The Hall–Kier alpha value is -2.37. The Morgan fingerprint density at radius 3 is 2.42 bits per heavy atom. The van der Waals surface area contributed by atoms with Crippen LogP contribution < -0.4 is 11.1 Å². The van der Waals surface area contributed by atoms with Crippen molar-refractivity contribution in [2.24, 2.45) is 5.73 Å². The molecule has 1 atom stereocenters. The second-order valence-corrected chi connectivity index (χ2v) is 4.22. The van der Waals surface area contributed by atoms with Gasteiger partial charge in [0, 0.05) is 0 Å². The van der Waals surface area contributed by atoms with Crippen molar-refractivity contribution in [3.05, 3.63) is 34.9 Å². The third kappa shape index (κ3) is 4.09. The Balaban J connectivity index is 2.74. The number of imide groups is 1. The van der Waals surface area contributed by atoms with Gasteiger partial charge in [0.05, 0.1) is 5.56 Å². The van der Waals surface area contributed by atoms with Gasteiger partial charge < -0.3 is 10.5 Å². The van der Waals surface area contributed by atoms with Gasteiger partial charge in [-0.3, -0.25) is 10.1 Å². The molecule has 0 fully saturated rings. The van der Waals surface area contributed by atoms with E-state index in [1.807, 2.05) is 18.3 Å². The number of nitrogens with two attached hydrogens (primary N) is 1. The lowest BCUT2D eigenvalue weighted by molar-refractivity contribution is -0.127. The molecule has 0 saturated carbocycles. The van der Waals surface area contributed by atoms with E-state index in [-0.39, 0.29) is 0 Å². The lowest BCUT2D eigenvalue weighted by Crippen LogP contribution is -2.42. The summed E-state index contributed by atoms with van der Waals surface area (Å²) < 4.78 is 4.96. The molecular formula is C13H16N2O4. The minimum atomic E-state index is -1.10. The Bertz CT molecular complexity index is 525. The summed E-state index contributed by atoms with van der Waals surface area (Å²) in [5.41, 5.74) is 6.96. The van der Waals surface area contributed by atoms with E-state index in [9.17, 15) is 14.4 Å². The summed E-state index contributed by atoms with van der Waals surface area (Å²) in [6.45, 7) is 5.04. The molecule has 0 aliphatic carbocycles. The lowest BCUT2D eigenvalue weighted by atomic mass is 10.1. The van der Waals surface area contributed by atoms with E-state index < -0.39 is 24.0 Å². The first-order chi connectivity index (χ1) is 8.81. The number of carbonyl (C=O) groups is 3. The van der Waals surface area contributed by atoms with Gasteiger partial charge in [-0.15, -0.1) is 0 Å². The van der Waals surface area contributed by atoms with Gasteiger partial charge in [0.2, 0.25) is 0 Å². The van der Waals surface area contributed by atoms with Crippen LogP contribution in [0.3, 0.4) is 0 Å². The smallest absolute Gasteiger partial charge is 0.339 e. The second-order valence-electron chi connectivity index (χ2n) is 4.22. The van der Waals surface area contributed by atoms with Crippen molar-refractivity contribution in [3.8, 4) is 0 Å². The van der Waals surface area contributed by atoms with Gasteiger partial charge in [0.15, 0.2) is 6.10 Å². The van der Waals surface area contributed by atoms with E-state index in [0.717, 1.165) is 11.1 Å². The fraction of sp³-hybridized carbons (Fsp3) is 0.308. The lowest BCUT2D eigenvalue weighted by Gasteiger charge is -2.13. The SMILES string of the molecule is Cc1ccc(C(=O)O[C@H](C)C(=O)NC(N)=O)c(C)c1. The zero-order valence-electron chi connectivity index (χ0n) is 11.0. The standard InChI is InChI=1S/C13H16N2O4/c1-7-4-5-10(8(2)6-7)12(17)19-9(3)11(16)15-13(14)18/h4-6,9H,1-3H3,(H3,14,15,16,18)/t9-/m1/s1. The molecule has 3 amide bonds. The van der Waals surface area contributed by atoms with Crippen LogP contribution in [0.4, 0.5) is 4.79 Å². The van der Waals surface area contributed by atoms with Crippen LogP contribution in [0.15, 0.2) is 18.2 Å². The molecule has 0 aromatic heterocycles. The molecule has 3 N–H and O–H groups in total. The first kappa shape index (κ1) is 14.7. The molecule has 6 nitrogen and oxygen atoms in total. The summed E-state index contributed by atoms with van der Waals surface area (Å²) in [4.78, 5) is 33.7. The highest BCUT2D eigenvalue weighted by Gasteiger charge is 2.20. The van der Waals surface area contributed by atoms with E-state index in [1.165, 1.54) is 6.92 Å². The molecule has 19 heavy (non-hydrogen) atoms. The highest BCUT2D eigenvalue weighted by molar-refractivity contribution is 5.98. The molecule has 0 unspecified atom stereocenters. The molecule has 0 bridgehead atoms. The van der Waals surface area contributed by atoms with E-state index in [1.54, 1.807) is 19.1 Å². The molecular weight excluding hydrogens is 248 g/mol. The molecule has 0 spiro atoms. The number of hydrogen-bond donors (Lipinski definition) is 2. The van der Waals surface area contributed by atoms with Crippen LogP contribution in [0.2, 0.25) is 0 Å². The van der Waals surface area contributed by atoms with Crippen molar-refractivity contribution < 1.29 is 19.1 Å². The molecule has 1 aromatic carbocycles. The maximum atomic E-state index is 11.9. The fourth-order valence-electron chi connectivity index (χ4n) is 1.54. The summed E-state index contributed by atoms with van der Waals surface area (Å²) in [5.74, 6) is -1.38. The van der Waals surface area contributed by atoms with Gasteiger partial charge in [-0.05, 0) is 32.4 Å². The number of carbonyl (C=O) groups excluding carboxylic acids is 3. The normalized spacial score (nSPS) is 11.5. The zero-order valence-corrected chi connectivity index (χ0v) is 11.0. The van der Waals surface area contributed by atoms with Crippen molar-refractivity contribution in [2.75, 3.05) is 0 Å². The highest BCUT2D eigenvalue weighted by atomic mass is 16.5. The van der Waals surface area contributed by atoms with Gasteiger partial charge in [0.1, 0.15) is 0 Å². The Morgan fingerprint density at radius 1 is 1.26 bits per heavy atom. The third-order valence-electron chi connectivity index (χ3n) is 2.50. The van der Waals surface area contributed by atoms with Gasteiger partial charge in [0.25, 0.3) is 5.91 Å². The first-order valence-corrected chi connectivity index (χ1v) is 5.69. The fourth-order valence-corrected chi connectivity index (χ4v) is 1.54. The number of rotatable bonds is 3. The number of amides is 3. The minimum absolute atomic E-state index is 0.379. The van der Waals surface area contributed by atoms with Crippen molar-refractivity contribution >= 4 is 17.9 Å². The average Bonchev–Trinajstić information content (AvgIpc) is 2.27. The summed E-state index contributed by atoms with van der Waals surface area (Å²) in [7, 11) is 0. The van der Waals surface area contributed by atoms with Crippen molar-refractivity contribution in [1.82, 2.24) is 5.32 Å². The number of primary amides is 1. The average molecular weight is 264 g/mol. The largest absolute Gasteiger partial charge is 0.449 e. The number of hydrogen-bond acceptors (Lipinski definition) is 4. The van der Waals surface area contributed by atoms with E-state index in [4.69, 9.17) is 10.5 Å². The van der Waals surface area contributed by atoms with Crippen LogP contribution in [0.5, 0.6) is 0 Å². The van der Waals surface area contributed by atoms with Gasteiger partial charge >= 0.3 is 12.0 Å². The number of benzene rings is 1. The van der Waals surface area contributed by atoms with Crippen LogP contribution in [0.1, 0.15) is 28.4 Å². The summed E-state index contributed by atoms with van der Waals surface area (Å²) in [5, 5.41) is 1.85. The van der Waals surface area contributed by atoms with E-state index in [2.05, 4.69) is 0 Å². The minimum Gasteiger partial charge on any atom is -0.449 e. The Kier molecular flexibility index (Phi) is 4.63. The van der Waals surface area contributed by atoms with Gasteiger partial charge in [-0.25, -0.2) is 9.59 Å². The maximum absolute atomic E-state index is 11.9. The summed E-state index contributed by atoms with van der Waals surface area (Å²) >= 11 is 0. The molecule has 0 aliphatic heterocycles. The van der Waals surface area contributed by atoms with Crippen LogP contribution in [0, 0.1) is 13.8 Å². The van der Waals surface area contributed by atoms with Crippen molar-refractivity contribution in [3.63, 3.8) is 0 Å². The van der Waals surface area contributed by atoms with E-state index in [0.29, 0.717) is 5.56 Å². The molecule has 1 rings (SSSR count). The summed E-state index contributed by atoms with van der Waals surface area (Å²) in [6.07, 6.45) is -1.10. The molecule has 0 saturated heterocycles. The van der Waals surface area contributed by atoms with E-state index >= 15 is 0 Å². The molecule has 0 radical (unpaired) electrons. The Labute approximate surface area is 110 Å². The van der Waals surface area contributed by atoms with Gasteiger partial charge in [-0.1, -0.05) is 17.7 Å². The molecule has 0 heterocycles. The van der Waals surface area contributed by atoms with Crippen LogP contribution in [-0.2, 0) is 9.53 Å². The highest BCUT2D eigenvalue weighted by Crippen LogP contribution is 2.12. The Morgan fingerprint density at radius 2 is 1.89 bits per heavy atom. The van der Waals surface area contributed by atoms with Crippen molar-refractivity contribution in [1.29, 1.82) is 0 Å². The van der Waals surface area contributed by atoms with Crippen LogP contribution in [0.25, 0.3) is 0 Å². The van der Waals surface area contributed by atoms with Gasteiger partial charge in [-0.2, -0.15) is 0 Å². The number of aryl methyl sites for hydroxylation is 2. The topological polar surface area (TPSA) is 98.5 Å². The number of esters is 1. The van der Waals surface area contributed by atoms with Crippen molar-refractivity contribution in [2.45, 2.75) is 26.9 Å². The second kappa shape index (κ2) is 5.99. The number of nitrogens with one attached hydrogen (secondary N) is 1. The molecule has 0 aliphatic rings. The monoisotopic (exact) mass is 264 g/mol. The maximum Gasteiger partial charge on any atom is 0.339 e. The molecule has 6 heteroatoms. The first-order valence-electron chi connectivity index (χ1n) is 5.69. The number of urea groups is 1. The third-order valence-corrected chi connectivity index (χ3v) is 2.50. The molecule has 102 valence electrons. The predicted octanol–water partition coefficient (Wildman–Crippen LogP) is 1.04. The zero-order chi connectivity index (χ0) is 14.6. The quantitative estimate of drug-likeness (QED) is 0.797.